The van der Waals surface area contributed by atoms with E-state index < -0.39 is 6.10 Å². The van der Waals surface area contributed by atoms with Crippen LogP contribution in [0.1, 0.15) is 23.7 Å². The van der Waals surface area contributed by atoms with Gasteiger partial charge in [-0.3, -0.25) is 0 Å². The molecule has 2 nitrogen and oxygen atoms in total. The summed E-state index contributed by atoms with van der Waals surface area (Å²) in [6, 6.07) is 5.70. The molecule has 0 amide bonds. The predicted molar refractivity (Wildman–Crippen MR) is 51.6 cm³/mol. The zero-order valence-electron chi connectivity index (χ0n) is 7.58. The number of fused-ring (bicyclic) bond motifs is 1. The second kappa shape index (κ2) is 2.89. The lowest BCUT2D eigenvalue weighted by atomic mass is 10.1. The van der Waals surface area contributed by atoms with Crippen molar-refractivity contribution in [3.63, 3.8) is 0 Å². The third-order valence-electron chi connectivity index (χ3n) is 2.43. The first-order valence-electron chi connectivity index (χ1n) is 4.27. The van der Waals surface area contributed by atoms with Gasteiger partial charge in [-0.1, -0.05) is 18.7 Å². The summed E-state index contributed by atoms with van der Waals surface area (Å²) in [4.78, 5) is 0. The van der Waals surface area contributed by atoms with Crippen LogP contribution in [0.3, 0.4) is 0 Å². The Bertz CT molecular complexity index is 355. The Morgan fingerprint density at radius 3 is 3.00 bits per heavy atom. The second-order valence-electron chi connectivity index (χ2n) is 3.25. The van der Waals surface area contributed by atoms with Crippen molar-refractivity contribution in [3.8, 4) is 5.75 Å². The van der Waals surface area contributed by atoms with Gasteiger partial charge in [0, 0.05) is 12.0 Å². The molecule has 0 heterocycles. The number of methoxy groups -OCH3 is 1. The van der Waals surface area contributed by atoms with Crippen LogP contribution in [0.15, 0.2) is 24.8 Å². The Hall–Kier alpha value is -1.28. The van der Waals surface area contributed by atoms with Gasteiger partial charge < -0.3 is 9.84 Å². The second-order valence-corrected chi connectivity index (χ2v) is 3.25. The zero-order valence-corrected chi connectivity index (χ0v) is 7.58. The van der Waals surface area contributed by atoms with E-state index in [-0.39, 0.29) is 0 Å². The summed E-state index contributed by atoms with van der Waals surface area (Å²) in [5, 5.41) is 9.66. The molecule has 0 bridgehead atoms. The fourth-order valence-electron chi connectivity index (χ4n) is 1.82. The van der Waals surface area contributed by atoms with Gasteiger partial charge in [0.05, 0.1) is 13.2 Å². The molecule has 1 aliphatic rings. The minimum atomic E-state index is -0.405. The molecule has 0 fully saturated rings. The van der Waals surface area contributed by atoms with Gasteiger partial charge >= 0.3 is 0 Å². The minimum Gasteiger partial charge on any atom is -0.496 e. The van der Waals surface area contributed by atoms with Gasteiger partial charge in [-0.25, -0.2) is 0 Å². The monoisotopic (exact) mass is 176 g/mol. The summed E-state index contributed by atoms with van der Waals surface area (Å²) in [6.45, 7) is 3.91. The summed E-state index contributed by atoms with van der Waals surface area (Å²) < 4.78 is 5.20. The Kier molecular flexibility index (Phi) is 1.85. The van der Waals surface area contributed by atoms with Gasteiger partial charge in [0.15, 0.2) is 0 Å². The van der Waals surface area contributed by atoms with Crippen LogP contribution in [-0.4, -0.2) is 12.2 Å². The van der Waals surface area contributed by atoms with Crippen molar-refractivity contribution < 1.29 is 9.84 Å². The highest BCUT2D eigenvalue weighted by Gasteiger charge is 2.25. The van der Waals surface area contributed by atoms with Crippen LogP contribution in [0.25, 0.3) is 5.57 Å². The Morgan fingerprint density at radius 2 is 2.31 bits per heavy atom. The Balaban J connectivity index is 2.62. The normalized spacial score (nSPS) is 20.2. The number of rotatable bonds is 1. The maximum absolute atomic E-state index is 9.66. The van der Waals surface area contributed by atoms with Gasteiger partial charge in [0.1, 0.15) is 5.75 Å². The van der Waals surface area contributed by atoms with E-state index in [2.05, 4.69) is 6.58 Å². The maximum Gasteiger partial charge on any atom is 0.126 e. The summed E-state index contributed by atoms with van der Waals surface area (Å²) in [5.74, 6) is 0.805. The van der Waals surface area contributed by atoms with E-state index in [1.165, 1.54) is 0 Å². The summed E-state index contributed by atoms with van der Waals surface area (Å²) in [6.07, 6.45) is 0.216. The fraction of sp³-hybridized carbons (Fsp3) is 0.273. The molecule has 0 aromatic heterocycles. The minimum absolute atomic E-state index is 0.405. The molecule has 68 valence electrons. The van der Waals surface area contributed by atoms with E-state index in [9.17, 15) is 5.11 Å². The first-order valence-corrected chi connectivity index (χ1v) is 4.27. The third kappa shape index (κ3) is 1.14. The van der Waals surface area contributed by atoms with Crippen molar-refractivity contribution in [1.29, 1.82) is 0 Å². The number of hydrogen-bond donors (Lipinski definition) is 1. The SMILES string of the molecule is C=C1CC(O)c2cccc(OC)c21. The molecule has 1 aliphatic carbocycles. The van der Waals surface area contributed by atoms with Gasteiger partial charge in [-0.15, -0.1) is 0 Å². The molecule has 1 aromatic carbocycles. The molecule has 0 saturated heterocycles. The number of aliphatic hydroxyl groups is 1. The van der Waals surface area contributed by atoms with Crippen LogP contribution in [0.4, 0.5) is 0 Å². The van der Waals surface area contributed by atoms with Gasteiger partial charge in [-0.05, 0) is 17.2 Å². The number of hydrogen-bond acceptors (Lipinski definition) is 2. The van der Waals surface area contributed by atoms with E-state index in [1.807, 2.05) is 18.2 Å². The average molecular weight is 176 g/mol. The standard InChI is InChI=1S/C11H12O2/c1-7-6-9(12)8-4-3-5-10(13-2)11(7)8/h3-5,9,12H,1,6H2,2H3. The molecule has 2 rings (SSSR count). The third-order valence-corrected chi connectivity index (χ3v) is 2.43. The molecule has 0 spiro atoms. The van der Waals surface area contributed by atoms with E-state index in [0.717, 1.165) is 22.4 Å². The smallest absolute Gasteiger partial charge is 0.126 e. The summed E-state index contributed by atoms with van der Waals surface area (Å²) in [5.41, 5.74) is 2.88. The Labute approximate surface area is 77.5 Å². The zero-order chi connectivity index (χ0) is 9.42. The first kappa shape index (κ1) is 8.32. The van der Waals surface area contributed by atoms with Crippen molar-refractivity contribution in [2.24, 2.45) is 0 Å². The van der Waals surface area contributed by atoms with Crippen LogP contribution < -0.4 is 4.74 Å². The molecule has 2 heteroatoms. The highest BCUT2D eigenvalue weighted by molar-refractivity contribution is 5.76. The molecule has 1 atom stereocenters. The number of benzene rings is 1. The van der Waals surface area contributed by atoms with E-state index in [0.29, 0.717) is 6.42 Å². The molecule has 1 N–H and O–H groups in total. The summed E-state index contributed by atoms with van der Waals surface area (Å²) in [7, 11) is 1.63. The number of aliphatic hydroxyl groups excluding tert-OH is 1. The molecule has 0 saturated carbocycles. The van der Waals surface area contributed by atoms with Crippen LogP contribution in [-0.2, 0) is 0 Å². The van der Waals surface area contributed by atoms with Gasteiger partial charge in [0.2, 0.25) is 0 Å². The Morgan fingerprint density at radius 1 is 1.54 bits per heavy atom. The van der Waals surface area contributed by atoms with Crippen molar-refractivity contribution in [2.45, 2.75) is 12.5 Å². The fourth-order valence-corrected chi connectivity index (χ4v) is 1.82. The topological polar surface area (TPSA) is 29.5 Å². The molecule has 13 heavy (non-hydrogen) atoms. The quantitative estimate of drug-likeness (QED) is 0.710. The highest BCUT2D eigenvalue weighted by atomic mass is 16.5. The van der Waals surface area contributed by atoms with Crippen LogP contribution in [0, 0.1) is 0 Å². The lowest BCUT2D eigenvalue weighted by Gasteiger charge is -2.07. The molecular weight excluding hydrogens is 164 g/mol. The molecule has 1 unspecified atom stereocenters. The average Bonchev–Trinajstić information content (AvgIpc) is 2.43. The van der Waals surface area contributed by atoms with E-state index in [4.69, 9.17) is 4.74 Å². The van der Waals surface area contributed by atoms with E-state index >= 15 is 0 Å². The van der Waals surface area contributed by atoms with Crippen molar-refractivity contribution in [1.82, 2.24) is 0 Å². The molecular formula is C11H12O2. The highest BCUT2D eigenvalue weighted by Crippen LogP contribution is 2.43. The van der Waals surface area contributed by atoms with Gasteiger partial charge in [0.25, 0.3) is 0 Å². The number of ether oxygens (including phenoxy) is 1. The van der Waals surface area contributed by atoms with E-state index in [1.54, 1.807) is 7.11 Å². The van der Waals surface area contributed by atoms with Crippen LogP contribution in [0.2, 0.25) is 0 Å². The molecule has 0 aliphatic heterocycles. The predicted octanol–water partition coefficient (Wildman–Crippen LogP) is 2.15. The maximum atomic E-state index is 9.66. The molecule has 0 radical (unpaired) electrons. The lowest BCUT2D eigenvalue weighted by Crippen LogP contribution is -1.92. The van der Waals surface area contributed by atoms with Crippen molar-refractivity contribution in [2.75, 3.05) is 7.11 Å². The van der Waals surface area contributed by atoms with Gasteiger partial charge in [-0.2, -0.15) is 0 Å². The largest absolute Gasteiger partial charge is 0.496 e. The van der Waals surface area contributed by atoms with Crippen LogP contribution in [0.5, 0.6) is 5.75 Å². The van der Waals surface area contributed by atoms with Crippen LogP contribution >= 0.6 is 0 Å². The lowest BCUT2D eigenvalue weighted by molar-refractivity contribution is 0.190. The summed E-state index contributed by atoms with van der Waals surface area (Å²) >= 11 is 0. The first-order chi connectivity index (χ1) is 6.24. The van der Waals surface area contributed by atoms with Crippen molar-refractivity contribution in [3.05, 3.63) is 35.9 Å². The molecule has 1 aromatic rings. The van der Waals surface area contributed by atoms with Crippen molar-refractivity contribution >= 4 is 5.57 Å².